The Morgan fingerprint density at radius 1 is 1.85 bits per heavy atom. The zero-order valence-electron chi connectivity index (χ0n) is 7.66. The fraction of sp³-hybridized carbons (Fsp3) is 0.750. The van der Waals surface area contributed by atoms with Gasteiger partial charge >= 0.3 is 5.97 Å². The lowest BCUT2D eigenvalue weighted by Gasteiger charge is -2.06. The predicted molar refractivity (Wildman–Crippen MR) is 47.0 cm³/mol. The van der Waals surface area contributed by atoms with Crippen molar-refractivity contribution >= 4 is 11.7 Å². The van der Waals surface area contributed by atoms with Crippen molar-refractivity contribution in [3.63, 3.8) is 0 Å². The summed E-state index contributed by atoms with van der Waals surface area (Å²) in [6.07, 6.45) is 1.74. The summed E-state index contributed by atoms with van der Waals surface area (Å²) >= 11 is 0. The molecule has 0 aromatic rings. The Bertz CT molecular complexity index is 215. The lowest BCUT2D eigenvalue weighted by molar-refractivity contribution is -0.170. The van der Waals surface area contributed by atoms with Crippen LogP contribution in [0.2, 0.25) is 0 Å². The summed E-state index contributed by atoms with van der Waals surface area (Å²) in [5, 5.41) is 3.79. The molecular weight excluding hydrogens is 172 g/mol. The number of oxime groups is 1. The molecule has 0 aromatic carbocycles. The number of rotatable bonds is 4. The van der Waals surface area contributed by atoms with Crippen LogP contribution in [0, 0.1) is 0 Å². The zero-order chi connectivity index (χ0) is 9.68. The summed E-state index contributed by atoms with van der Waals surface area (Å²) < 4.78 is 4.81. The molecular formula is C8H14N2O3. The van der Waals surface area contributed by atoms with Crippen LogP contribution < -0.4 is 5.73 Å². The molecule has 1 atom stereocenters. The molecule has 0 radical (unpaired) electrons. The van der Waals surface area contributed by atoms with Crippen molar-refractivity contribution in [3.8, 4) is 0 Å². The maximum absolute atomic E-state index is 10.5. The van der Waals surface area contributed by atoms with Gasteiger partial charge in [-0.2, -0.15) is 0 Å². The fourth-order valence-electron chi connectivity index (χ4n) is 1.10. The monoisotopic (exact) mass is 186 g/mol. The first kappa shape index (κ1) is 9.98. The van der Waals surface area contributed by atoms with Crippen LogP contribution in [0.3, 0.4) is 0 Å². The van der Waals surface area contributed by atoms with Crippen molar-refractivity contribution in [1.29, 1.82) is 0 Å². The lowest BCUT2D eigenvalue weighted by Crippen LogP contribution is -2.16. The smallest absolute Gasteiger partial charge is 0.305 e. The van der Waals surface area contributed by atoms with Crippen LogP contribution in [0.5, 0.6) is 0 Å². The average Bonchev–Trinajstić information content (AvgIpc) is 2.48. The van der Waals surface area contributed by atoms with E-state index in [1.807, 2.05) is 0 Å². The average molecular weight is 186 g/mol. The van der Waals surface area contributed by atoms with Crippen molar-refractivity contribution in [3.05, 3.63) is 0 Å². The quantitative estimate of drug-likeness (QED) is 0.644. The minimum absolute atomic E-state index is 0.347. The van der Waals surface area contributed by atoms with Gasteiger partial charge in [0.25, 0.3) is 6.29 Å². The van der Waals surface area contributed by atoms with Crippen LogP contribution >= 0.6 is 0 Å². The van der Waals surface area contributed by atoms with E-state index in [0.29, 0.717) is 13.0 Å². The van der Waals surface area contributed by atoms with Gasteiger partial charge in [0.2, 0.25) is 0 Å². The molecule has 1 rings (SSSR count). The van der Waals surface area contributed by atoms with Gasteiger partial charge in [0.05, 0.1) is 12.1 Å². The molecule has 5 heteroatoms. The summed E-state index contributed by atoms with van der Waals surface area (Å²) in [5.41, 5.74) is 6.25. The van der Waals surface area contributed by atoms with E-state index in [-0.39, 0.29) is 5.97 Å². The van der Waals surface area contributed by atoms with Crippen LogP contribution in [0.1, 0.15) is 26.2 Å². The van der Waals surface area contributed by atoms with E-state index in [9.17, 15) is 4.79 Å². The van der Waals surface area contributed by atoms with Crippen LogP contribution in [-0.4, -0.2) is 24.5 Å². The molecule has 5 nitrogen and oxygen atoms in total. The Morgan fingerprint density at radius 3 is 3.23 bits per heavy atom. The normalized spacial score (nSPS) is 20.8. The second-order valence-corrected chi connectivity index (χ2v) is 2.90. The summed E-state index contributed by atoms with van der Waals surface area (Å²) in [7, 11) is 0. The van der Waals surface area contributed by atoms with Gasteiger partial charge < -0.3 is 15.3 Å². The van der Waals surface area contributed by atoms with Gasteiger partial charge in [-0.05, 0) is 19.4 Å². The Labute approximate surface area is 76.9 Å². The molecule has 1 aliphatic heterocycles. The van der Waals surface area contributed by atoms with Gasteiger partial charge in [-0.25, -0.2) is 0 Å². The van der Waals surface area contributed by atoms with Gasteiger partial charge in [-0.1, -0.05) is 5.16 Å². The molecule has 0 unspecified atom stereocenters. The minimum Gasteiger partial charge on any atom is -0.423 e. The molecule has 0 aliphatic carbocycles. The number of nitrogens with zero attached hydrogens (tertiary/aromatic N) is 1. The Balaban J connectivity index is 2.21. The topological polar surface area (TPSA) is 73.9 Å². The van der Waals surface area contributed by atoms with Gasteiger partial charge in [0.15, 0.2) is 0 Å². The van der Waals surface area contributed by atoms with E-state index in [1.165, 1.54) is 6.92 Å². The largest absolute Gasteiger partial charge is 0.423 e. The third kappa shape index (κ3) is 3.42. The van der Waals surface area contributed by atoms with E-state index in [0.717, 1.165) is 18.6 Å². The third-order valence-electron chi connectivity index (χ3n) is 1.67. The van der Waals surface area contributed by atoms with Crippen LogP contribution in [0.4, 0.5) is 0 Å². The molecule has 1 aliphatic rings. The molecule has 0 spiro atoms. The Hall–Kier alpha value is -1.10. The van der Waals surface area contributed by atoms with Crippen molar-refractivity contribution in [1.82, 2.24) is 0 Å². The predicted octanol–water partition coefficient (Wildman–Crippen LogP) is 0.391. The Morgan fingerprint density at radius 2 is 2.62 bits per heavy atom. The van der Waals surface area contributed by atoms with Crippen molar-refractivity contribution in [2.45, 2.75) is 32.5 Å². The molecule has 0 aromatic heterocycles. The summed E-state index contributed by atoms with van der Waals surface area (Å²) in [4.78, 5) is 15.4. The van der Waals surface area contributed by atoms with E-state index >= 15 is 0 Å². The molecule has 0 saturated carbocycles. The van der Waals surface area contributed by atoms with Crippen molar-refractivity contribution in [2.75, 3.05) is 6.54 Å². The van der Waals surface area contributed by atoms with E-state index in [1.54, 1.807) is 0 Å². The van der Waals surface area contributed by atoms with Gasteiger partial charge in [0.1, 0.15) is 0 Å². The van der Waals surface area contributed by atoms with Gasteiger partial charge in [-0.3, -0.25) is 4.79 Å². The lowest BCUT2D eigenvalue weighted by atomic mass is 10.1. The number of esters is 1. The van der Waals surface area contributed by atoms with Crippen LogP contribution in [0.15, 0.2) is 5.16 Å². The molecule has 74 valence electrons. The number of hydrogen-bond donors (Lipinski definition) is 1. The van der Waals surface area contributed by atoms with E-state index < -0.39 is 6.29 Å². The molecule has 0 bridgehead atoms. The van der Waals surface area contributed by atoms with Crippen LogP contribution in [0.25, 0.3) is 0 Å². The minimum atomic E-state index is -0.523. The first-order valence-electron chi connectivity index (χ1n) is 4.31. The first-order chi connectivity index (χ1) is 6.22. The van der Waals surface area contributed by atoms with E-state index in [4.69, 9.17) is 15.3 Å². The molecule has 0 fully saturated rings. The van der Waals surface area contributed by atoms with Gasteiger partial charge in [-0.15, -0.1) is 0 Å². The maximum Gasteiger partial charge on any atom is 0.305 e. The summed E-state index contributed by atoms with van der Waals surface area (Å²) in [6.45, 7) is 1.98. The zero-order valence-corrected chi connectivity index (χ0v) is 7.66. The third-order valence-corrected chi connectivity index (χ3v) is 1.67. The number of hydrogen-bond acceptors (Lipinski definition) is 5. The molecule has 1 heterocycles. The maximum atomic E-state index is 10.5. The standard InChI is InChI=1S/C8H14N2O3/c1-6(11)12-8-5-7(10-13-8)3-2-4-9/h8H,2-5,9H2,1H3/t8-/m1/s1. The molecule has 0 saturated heterocycles. The van der Waals surface area contributed by atoms with Crippen LogP contribution in [-0.2, 0) is 14.4 Å². The van der Waals surface area contributed by atoms with Crippen molar-refractivity contribution in [2.24, 2.45) is 10.9 Å². The Kier molecular flexibility index (Phi) is 3.70. The number of ether oxygens (including phenoxy) is 1. The second-order valence-electron chi connectivity index (χ2n) is 2.90. The summed E-state index contributed by atoms with van der Waals surface area (Å²) in [5.74, 6) is -0.347. The van der Waals surface area contributed by atoms with Crippen molar-refractivity contribution < 1.29 is 14.4 Å². The molecule has 0 amide bonds. The SMILES string of the molecule is CC(=O)O[C@H]1CC(CCCN)=NO1. The molecule has 2 N–H and O–H groups in total. The van der Waals surface area contributed by atoms with Gasteiger partial charge in [0, 0.05) is 6.92 Å². The summed E-state index contributed by atoms with van der Waals surface area (Å²) in [6, 6.07) is 0. The highest BCUT2D eigenvalue weighted by molar-refractivity contribution is 5.85. The first-order valence-corrected chi connectivity index (χ1v) is 4.31. The highest BCUT2D eigenvalue weighted by Gasteiger charge is 2.22. The van der Waals surface area contributed by atoms with E-state index in [2.05, 4.69) is 5.16 Å². The highest BCUT2D eigenvalue weighted by Crippen LogP contribution is 2.14. The molecule has 13 heavy (non-hydrogen) atoms. The fourth-order valence-corrected chi connectivity index (χ4v) is 1.10. The number of nitrogens with two attached hydrogens (primary N) is 1. The highest BCUT2D eigenvalue weighted by atomic mass is 16.8. The number of carbonyl (C=O) groups excluding carboxylic acids is 1. The number of carbonyl (C=O) groups is 1. The second kappa shape index (κ2) is 4.81.